The van der Waals surface area contributed by atoms with E-state index in [1.54, 1.807) is 0 Å². The normalized spacial score (nSPS) is 23.5. The first-order chi connectivity index (χ1) is 10.4. The number of urea groups is 1. The Morgan fingerprint density at radius 2 is 2.09 bits per heavy atom. The summed E-state index contributed by atoms with van der Waals surface area (Å²) in [5, 5.41) is 4.37. The second kappa shape index (κ2) is 4.80. The summed E-state index contributed by atoms with van der Waals surface area (Å²) in [5.41, 5.74) is -2.05. The zero-order valence-electron chi connectivity index (χ0n) is 11.6. The maximum absolute atomic E-state index is 13.7. The van der Waals surface area contributed by atoms with Crippen molar-refractivity contribution in [3.05, 3.63) is 35.9 Å². The standard InChI is InChI=1S/C16H13F3N2O/c1-2-10-5-6-12-13(9-10)20-14(22)21-15(12,16(17,18)19)8-7-11-3-4-11/h2,5-6,9,11H,1,3-4H2,(H2,20,21,22)/t15-/m0/s1. The predicted octanol–water partition coefficient (Wildman–Crippen LogP) is 3.64. The van der Waals surface area contributed by atoms with E-state index in [2.05, 4.69) is 23.7 Å². The average molecular weight is 306 g/mol. The molecule has 3 rings (SSSR count). The fraction of sp³-hybridized carbons (Fsp3) is 0.312. The van der Waals surface area contributed by atoms with Gasteiger partial charge in [-0.15, -0.1) is 0 Å². The number of halogens is 3. The number of carbonyl (C=O) groups excluding carboxylic acids is 1. The van der Waals surface area contributed by atoms with Crippen LogP contribution in [0, 0.1) is 17.8 Å². The molecule has 0 unspecified atom stereocenters. The van der Waals surface area contributed by atoms with Crippen LogP contribution in [-0.4, -0.2) is 12.2 Å². The molecular weight excluding hydrogens is 293 g/mol. The highest BCUT2D eigenvalue weighted by Gasteiger charge is 2.59. The van der Waals surface area contributed by atoms with Crippen LogP contribution in [0.2, 0.25) is 0 Å². The molecule has 0 saturated heterocycles. The molecule has 114 valence electrons. The van der Waals surface area contributed by atoms with Crippen LogP contribution in [-0.2, 0) is 5.54 Å². The number of alkyl halides is 3. The molecule has 2 N–H and O–H groups in total. The van der Waals surface area contributed by atoms with Gasteiger partial charge in [0.05, 0.1) is 0 Å². The molecule has 2 aliphatic rings. The number of benzene rings is 1. The van der Waals surface area contributed by atoms with Gasteiger partial charge in [0.25, 0.3) is 0 Å². The number of fused-ring (bicyclic) bond motifs is 1. The molecule has 0 radical (unpaired) electrons. The Bertz CT molecular complexity index is 710. The highest BCUT2D eigenvalue weighted by molar-refractivity contribution is 5.95. The van der Waals surface area contributed by atoms with E-state index in [1.807, 2.05) is 5.32 Å². The van der Waals surface area contributed by atoms with Crippen LogP contribution in [0.15, 0.2) is 24.8 Å². The number of hydrogen-bond donors (Lipinski definition) is 2. The number of nitrogens with one attached hydrogen (secondary N) is 2. The summed E-state index contributed by atoms with van der Waals surface area (Å²) in [6.45, 7) is 3.57. The minimum atomic E-state index is -4.73. The highest BCUT2D eigenvalue weighted by atomic mass is 19.4. The zero-order chi connectivity index (χ0) is 16.0. The van der Waals surface area contributed by atoms with Gasteiger partial charge in [0.2, 0.25) is 5.54 Å². The van der Waals surface area contributed by atoms with E-state index in [-0.39, 0.29) is 17.2 Å². The Morgan fingerprint density at radius 3 is 2.68 bits per heavy atom. The van der Waals surface area contributed by atoms with Crippen molar-refractivity contribution >= 4 is 17.8 Å². The van der Waals surface area contributed by atoms with E-state index in [4.69, 9.17) is 0 Å². The first-order valence-electron chi connectivity index (χ1n) is 6.81. The van der Waals surface area contributed by atoms with Crippen molar-refractivity contribution < 1.29 is 18.0 Å². The van der Waals surface area contributed by atoms with Crippen LogP contribution in [0.5, 0.6) is 0 Å². The van der Waals surface area contributed by atoms with Crippen molar-refractivity contribution in [2.45, 2.75) is 24.6 Å². The maximum atomic E-state index is 13.7. The third-order valence-corrected chi connectivity index (χ3v) is 3.70. The van der Waals surface area contributed by atoms with Crippen molar-refractivity contribution in [1.82, 2.24) is 5.32 Å². The van der Waals surface area contributed by atoms with Gasteiger partial charge in [-0.25, -0.2) is 4.79 Å². The summed E-state index contributed by atoms with van der Waals surface area (Å²) in [5.74, 6) is 4.91. The number of rotatable bonds is 1. The van der Waals surface area contributed by atoms with Crippen molar-refractivity contribution in [3.8, 4) is 11.8 Å². The summed E-state index contributed by atoms with van der Waals surface area (Å²) in [7, 11) is 0. The molecule has 1 atom stereocenters. The van der Waals surface area contributed by atoms with Gasteiger partial charge in [-0.1, -0.05) is 36.6 Å². The maximum Gasteiger partial charge on any atom is 0.427 e. The third-order valence-electron chi connectivity index (χ3n) is 3.70. The van der Waals surface area contributed by atoms with Gasteiger partial charge in [-0.3, -0.25) is 0 Å². The molecule has 0 bridgehead atoms. The van der Waals surface area contributed by atoms with Gasteiger partial charge >= 0.3 is 12.2 Å². The second-order valence-electron chi connectivity index (χ2n) is 5.38. The van der Waals surface area contributed by atoms with Gasteiger partial charge in [-0.05, 0) is 24.5 Å². The van der Waals surface area contributed by atoms with Gasteiger partial charge in [-0.2, -0.15) is 13.2 Å². The third kappa shape index (κ3) is 2.33. The second-order valence-corrected chi connectivity index (χ2v) is 5.38. The van der Waals surface area contributed by atoms with Crippen LogP contribution in [0.25, 0.3) is 6.08 Å². The number of anilines is 1. The van der Waals surface area contributed by atoms with Crippen molar-refractivity contribution in [2.75, 3.05) is 5.32 Å². The van der Waals surface area contributed by atoms with Crippen molar-refractivity contribution in [3.63, 3.8) is 0 Å². The lowest BCUT2D eigenvalue weighted by atomic mass is 9.85. The molecule has 1 aromatic rings. The summed E-state index contributed by atoms with van der Waals surface area (Å²) in [6, 6.07) is 3.38. The largest absolute Gasteiger partial charge is 0.427 e. The summed E-state index contributed by atoms with van der Waals surface area (Å²) < 4.78 is 41.2. The molecule has 1 fully saturated rings. The lowest BCUT2D eigenvalue weighted by Gasteiger charge is -2.37. The molecule has 1 heterocycles. The predicted molar refractivity (Wildman–Crippen MR) is 76.9 cm³/mol. The van der Waals surface area contributed by atoms with Crippen LogP contribution >= 0.6 is 0 Å². The van der Waals surface area contributed by atoms with E-state index in [0.717, 1.165) is 12.8 Å². The van der Waals surface area contributed by atoms with Gasteiger partial charge in [0.1, 0.15) is 0 Å². The molecule has 2 amide bonds. The minimum Gasteiger partial charge on any atom is -0.310 e. The molecular formula is C16H13F3N2O. The number of hydrogen-bond acceptors (Lipinski definition) is 1. The van der Waals surface area contributed by atoms with E-state index in [1.165, 1.54) is 24.3 Å². The highest BCUT2D eigenvalue weighted by Crippen LogP contribution is 2.44. The fourth-order valence-electron chi connectivity index (χ4n) is 2.34. The van der Waals surface area contributed by atoms with E-state index in [9.17, 15) is 18.0 Å². The van der Waals surface area contributed by atoms with E-state index in [0.29, 0.717) is 5.56 Å². The smallest absolute Gasteiger partial charge is 0.310 e. The molecule has 0 aromatic heterocycles. The molecule has 1 aromatic carbocycles. The average Bonchev–Trinajstić information content (AvgIpc) is 3.26. The molecule has 1 saturated carbocycles. The summed E-state index contributed by atoms with van der Waals surface area (Å²) >= 11 is 0. The topological polar surface area (TPSA) is 41.1 Å². The Balaban J connectivity index is 2.20. The van der Waals surface area contributed by atoms with Crippen molar-refractivity contribution in [1.29, 1.82) is 0 Å². The van der Waals surface area contributed by atoms with Crippen LogP contribution in [0.1, 0.15) is 24.0 Å². The first-order valence-corrected chi connectivity index (χ1v) is 6.81. The van der Waals surface area contributed by atoms with Gasteiger partial charge in [0, 0.05) is 17.2 Å². The first kappa shape index (κ1) is 14.5. The Labute approximate surface area is 125 Å². The molecule has 0 spiro atoms. The lowest BCUT2D eigenvalue weighted by Crippen LogP contribution is -2.59. The van der Waals surface area contributed by atoms with Gasteiger partial charge < -0.3 is 10.6 Å². The number of carbonyl (C=O) groups is 1. The molecule has 1 aliphatic heterocycles. The Morgan fingerprint density at radius 1 is 1.36 bits per heavy atom. The molecule has 6 heteroatoms. The monoisotopic (exact) mass is 306 g/mol. The Kier molecular flexibility index (Phi) is 3.17. The minimum absolute atomic E-state index is 0.0121. The SMILES string of the molecule is C=Cc1ccc2c(c1)NC(=O)N[C@]2(C#CC1CC1)C(F)(F)F. The lowest BCUT2D eigenvalue weighted by molar-refractivity contribution is -0.178. The van der Waals surface area contributed by atoms with Crippen molar-refractivity contribution in [2.24, 2.45) is 5.92 Å². The van der Waals surface area contributed by atoms with E-state index >= 15 is 0 Å². The molecule has 1 aliphatic carbocycles. The summed E-state index contributed by atoms with van der Waals surface area (Å²) in [6.07, 6.45) is -1.62. The van der Waals surface area contributed by atoms with Crippen LogP contribution in [0.3, 0.4) is 0 Å². The van der Waals surface area contributed by atoms with Gasteiger partial charge in [0.15, 0.2) is 0 Å². The Hall–Kier alpha value is -2.42. The number of amides is 2. The van der Waals surface area contributed by atoms with E-state index < -0.39 is 17.7 Å². The fourth-order valence-corrected chi connectivity index (χ4v) is 2.34. The van der Waals surface area contributed by atoms with Crippen LogP contribution in [0.4, 0.5) is 23.7 Å². The summed E-state index contributed by atoms with van der Waals surface area (Å²) in [4.78, 5) is 11.7. The molecule has 3 nitrogen and oxygen atoms in total. The quantitative estimate of drug-likeness (QED) is 0.764. The van der Waals surface area contributed by atoms with Crippen LogP contribution < -0.4 is 10.6 Å². The zero-order valence-corrected chi connectivity index (χ0v) is 11.6. The molecule has 22 heavy (non-hydrogen) atoms.